The molecule has 0 saturated carbocycles. The Hall–Kier alpha value is -3.15. The molecule has 132 valence electrons. The first-order valence-electron chi connectivity index (χ1n) is 8.71. The summed E-state index contributed by atoms with van der Waals surface area (Å²) in [7, 11) is 0. The fourth-order valence-electron chi connectivity index (χ4n) is 3.16. The van der Waals surface area contributed by atoms with Gasteiger partial charge in [-0.25, -0.2) is 0 Å². The largest absolute Gasteiger partial charge is 0.368 e. The molecule has 6 nitrogen and oxygen atoms in total. The van der Waals surface area contributed by atoms with E-state index in [2.05, 4.69) is 27.2 Å². The summed E-state index contributed by atoms with van der Waals surface area (Å²) in [5.74, 6) is 1.13. The molecule has 0 spiro atoms. The molecule has 1 aromatic heterocycles. The third-order valence-electron chi connectivity index (χ3n) is 4.59. The first-order chi connectivity index (χ1) is 12.7. The normalized spacial score (nSPS) is 14.5. The van der Waals surface area contributed by atoms with Crippen molar-refractivity contribution in [3.8, 4) is 11.5 Å². The summed E-state index contributed by atoms with van der Waals surface area (Å²) in [5.41, 5.74) is 2.70. The Balaban J connectivity index is 1.40. The molecule has 4 rings (SSSR count). The Morgan fingerprint density at radius 3 is 2.27 bits per heavy atom. The van der Waals surface area contributed by atoms with E-state index >= 15 is 0 Å². The third-order valence-corrected chi connectivity index (χ3v) is 4.59. The number of amides is 1. The highest BCUT2D eigenvalue weighted by Gasteiger charge is 2.22. The van der Waals surface area contributed by atoms with Gasteiger partial charge < -0.3 is 14.3 Å². The molecule has 0 aliphatic carbocycles. The molecule has 1 saturated heterocycles. The van der Waals surface area contributed by atoms with Crippen molar-refractivity contribution in [1.29, 1.82) is 0 Å². The van der Waals surface area contributed by atoms with Crippen LogP contribution in [-0.2, 0) is 0 Å². The van der Waals surface area contributed by atoms with Crippen LogP contribution in [0.5, 0.6) is 0 Å². The van der Waals surface area contributed by atoms with Gasteiger partial charge >= 0.3 is 0 Å². The molecule has 3 aromatic rings. The maximum Gasteiger partial charge on any atom is 0.257 e. The van der Waals surface area contributed by atoms with Crippen LogP contribution in [0, 0.1) is 6.92 Å². The smallest absolute Gasteiger partial charge is 0.257 e. The van der Waals surface area contributed by atoms with Gasteiger partial charge in [-0.2, -0.15) is 4.98 Å². The summed E-state index contributed by atoms with van der Waals surface area (Å²) in [6.45, 7) is 4.90. The van der Waals surface area contributed by atoms with Crippen LogP contribution < -0.4 is 4.90 Å². The first-order valence-corrected chi connectivity index (χ1v) is 8.71. The van der Waals surface area contributed by atoms with Crippen LogP contribution in [0.15, 0.2) is 59.1 Å². The predicted octanol–water partition coefficient (Wildman–Crippen LogP) is 3.01. The fraction of sp³-hybridized carbons (Fsp3) is 0.250. The van der Waals surface area contributed by atoms with Crippen LogP contribution in [0.2, 0.25) is 0 Å². The van der Waals surface area contributed by atoms with Gasteiger partial charge in [0.1, 0.15) is 0 Å². The molecule has 6 heteroatoms. The average molecular weight is 348 g/mol. The number of nitrogens with zero attached hydrogens (tertiary/aromatic N) is 4. The number of rotatable bonds is 3. The van der Waals surface area contributed by atoms with Gasteiger partial charge in [0, 0.05) is 43.0 Å². The summed E-state index contributed by atoms with van der Waals surface area (Å²) in [4.78, 5) is 21.2. The summed E-state index contributed by atoms with van der Waals surface area (Å²) in [6.07, 6.45) is 0. The number of hydrogen-bond donors (Lipinski definition) is 0. The molecule has 1 aliphatic rings. The molecule has 0 unspecified atom stereocenters. The molecule has 0 radical (unpaired) electrons. The number of para-hydroxylation sites is 1. The lowest BCUT2D eigenvalue weighted by Crippen LogP contribution is -2.48. The number of benzene rings is 2. The molecule has 0 bridgehead atoms. The van der Waals surface area contributed by atoms with Crippen LogP contribution in [0.25, 0.3) is 11.5 Å². The number of carbonyl (C=O) groups excluding carboxylic acids is 1. The highest BCUT2D eigenvalue weighted by Crippen LogP contribution is 2.20. The van der Waals surface area contributed by atoms with Crippen LogP contribution in [0.3, 0.4) is 0 Å². The van der Waals surface area contributed by atoms with E-state index in [4.69, 9.17) is 4.52 Å². The van der Waals surface area contributed by atoms with Gasteiger partial charge in [0.15, 0.2) is 5.82 Å². The second-order valence-corrected chi connectivity index (χ2v) is 6.34. The third kappa shape index (κ3) is 3.31. The quantitative estimate of drug-likeness (QED) is 0.728. The highest BCUT2D eigenvalue weighted by atomic mass is 16.5. The van der Waals surface area contributed by atoms with E-state index in [9.17, 15) is 4.79 Å². The Morgan fingerprint density at radius 1 is 0.962 bits per heavy atom. The van der Waals surface area contributed by atoms with Crippen molar-refractivity contribution in [1.82, 2.24) is 15.0 Å². The highest BCUT2D eigenvalue weighted by molar-refractivity contribution is 5.94. The van der Waals surface area contributed by atoms with Crippen molar-refractivity contribution in [2.45, 2.75) is 6.92 Å². The standard InChI is InChI=1S/C20H20N4O2/c1-15-21-19(26-22-15)16-7-9-17(10-8-16)20(25)24-13-11-23(12-14-24)18-5-3-2-4-6-18/h2-10H,11-14H2,1H3. The minimum atomic E-state index is 0.0611. The first kappa shape index (κ1) is 16.3. The SMILES string of the molecule is Cc1noc(-c2ccc(C(=O)N3CCN(c4ccccc4)CC3)cc2)n1. The molecular formula is C20H20N4O2. The van der Waals surface area contributed by atoms with Gasteiger partial charge in [0.05, 0.1) is 0 Å². The maximum atomic E-state index is 12.8. The van der Waals surface area contributed by atoms with E-state index in [-0.39, 0.29) is 5.91 Å². The zero-order valence-electron chi connectivity index (χ0n) is 14.6. The van der Waals surface area contributed by atoms with E-state index in [1.165, 1.54) is 5.69 Å². The molecule has 1 aliphatic heterocycles. The number of aromatic nitrogens is 2. The van der Waals surface area contributed by atoms with E-state index in [0.29, 0.717) is 17.3 Å². The Kier molecular flexibility index (Phi) is 4.39. The van der Waals surface area contributed by atoms with Crippen molar-refractivity contribution in [2.75, 3.05) is 31.1 Å². The molecule has 2 aromatic carbocycles. The fourth-order valence-corrected chi connectivity index (χ4v) is 3.16. The topological polar surface area (TPSA) is 62.5 Å². The molecule has 26 heavy (non-hydrogen) atoms. The second-order valence-electron chi connectivity index (χ2n) is 6.34. The minimum absolute atomic E-state index is 0.0611. The van der Waals surface area contributed by atoms with Crippen molar-refractivity contribution in [2.24, 2.45) is 0 Å². The summed E-state index contributed by atoms with van der Waals surface area (Å²) in [6, 6.07) is 17.6. The number of carbonyl (C=O) groups is 1. The zero-order valence-corrected chi connectivity index (χ0v) is 14.6. The van der Waals surface area contributed by atoms with Crippen LogP contribution in [0.1, 0.15) is 16.2 Å². The zero-order chi connectivity index (χ0) is 17.9. The molecule has 0 atom stereocenters. The predicted molar refractivity (Wildman–Crippen MR) is 99.0 cm³/mol. The van der Waals surface area contributed by atoms with E-state index in [1.807, 2.05) is 47.4 Å². The summed E-state index contributed by atoms with van der Waals surface area (Å²) in [5, 5.41) is 3.79. The number of piperazine rings is 1. The van der Waals surface area contributed by atoms with Crippen molar-refractivity contribution in [3.05, 3.63) is 66.0 Å². The van der Waals surface area contributed by atoms with Gasteiger partial charge in [0.25, 0.3) is 11.8 Å². The lowest BCUT2D eigenvalue weighted by atomic mass is 10.1. The number of aryl methyl sites for hydroxylation is 1. The van der Waals surface area contributed by atoms with Gasteiger partial charge in [-0.05, 0) is 43.3 Å². The molecule has 1 fully saturated rings. The van der Waals surface area contributed by atoms with Crippen molar-refractivity contribution >= 4 is 11.6 Å². The summed E-state index contributed by atoms with van der Waals surface area (Å²) < 4.78 is 5.16. The Morgan fingerprint density at radius 2 is 1.65 bits per heavy atom. The van der Waals surface area contributed by atoms with E-state index in [1.54, 1.807) is 6.92 Å². The van der Waals surface area contributed by atoms with E-state index in [0.717, 1.165) is 31.7 Å². The number of hydrogen-bond acceptors (Lipinski definition) is 5. The van der Waals surface area contributed by atoms with Gasteiger partial charge in [-0.1, -0.05) is 23.4 Å². The average Bonchev–Trinajstić information content (AvgIpc) is 3.15. The van der Waals surface area contributed by atoms with Gasteiger partial charge in [-0.15, -0.1) is 0 Å². The van der Waals surface area contributed by atoms with Gasteiger partial charge in [0.2, 0.25) is 0 Å². The summed E-state index contributed by atoms with van der Waals surface area (Å²) >= 11 is 0. The Bertz CT molecular complexity index is 882. The van der Waals surface area contributed by atoms with Crippen molar-refractivity contribution < 1.29 is 9.32 Å². The second kappa shape index (κ2) is 7.00. The van der Waals surface area contributed by atoms with Gasteiger partial charge in [-0.3, -0.25) is 4.79 Å². The lowest BCUT2D eigenvalue weighted by molar-refractivity contribution is 0.0747. The minimum Gasteiger partial charge on any atom is -0.368 e. The molecular weight excluding hydrogens is 328 g/mol. The van der Waals surface area contributed by atoms with E-state index < -0.39 is 0 Å². The number of anilines is 1. The van der Waals surface area contributed by atoms with Crippen LogP contribution >= 0.6 is 0 Å². The van der Waals surface area contributed by atoms with Crippen LogP contribution in [0.4, 0.5) is 5.69 Å². The van der Waals surface area contributed by atoms with Crippen LogP contribution in [-0.4, -0.2) is 47.1 Å². The molecule has 0 N–H and O–H groups in total. The Labute approximate surface area is 152 Å². The maximum absolute atomic E-state index is 12.8. The monoisotopic (exact) mass is 348 g/mol. The molecule has 2 heterocycles. The van der Waals surface area contributed by atoms with Crippen molar-refractivity contribution in [3.63, 3.8) is 0 Å². The lowest BCUT2D eigenvalue weighted by Gasteiger charge is -2.36. The molecule has 1 amide bonds.